The molecule has 4 aromatic carbocycles. The Hall–Kier alpha value is -4.19. The fourth-order valence-corrected chi connectivity index (χ4v) is 4.02. The summed E-state index contributed by atoms with van der Waals surface area (Å²) in [6.45, 7) is 0. The molecule has 0 atom stereocenters. The molecule has 0 amide bonds. The SMILES string of the molecule is COc1cc2c(-c3ccc([N+](=O)[O-])cc3)nc3c4ccccc4ccc3c2cc1OC. The number of benzene rings is 4. The second-order valence-corrected chi connectivity index (χ2v) is 7.20. The number of rotatable bonds is 4. The number of aromatic nitrogens is 1. The maximum absolute atomic E-state index is 11.1. The zero-order valence-corrected chi connectivity index (χ0v) is 17.0. The highest BCUT2D eigenvalue weighted by molar-refractivity contribution is 6.18. The van der Waals surface area contributed by atoms with Gasteiger partial charge in [-0.3, -0.25) is 10.1 Å². The molecule has 1 aromatic heterocycles. The normalized spacial score (nSPS) is 11.2. The second-order valence-electron chi connectivity index (χ2n) is 7.20. The lowest BCUT2D eigenvalue weighted by Crippen LogP contribution is -1.95. The van der Waals surface area contributed by atoms with Crippen molar-refractivity contribution in [2.24, 2.45) is 0 Å². The number of nitro groups is 1. The van der Waals surface area contributed by atoms with Crippen LogP contribution in [-0.2, 0) is 0 Å². The Bertz CT molecular complexity index is 1480. The van der Waals surface area contributed by atoms with Gasteiger partial charge in [0.1, 0.15) is 0 Å². The van der Waals surface area contributed by atoms with E-state index >= 15 is 0 Å². The Labute approximate surface area is 177 Å². The minimum absolute atomic E-state index is 0.0403. The number of ether oxygens (including phenoxy) is 2. The molecule has 0 aliphatic heterocycles. The van der Waals surface area contributed by atoms with E-state index in [0.717, 1.165) is 43.7 Å². The lowest BCUT2D eigenvalue weighted by atomic mass is 9.97. The molecule has 5 aromatic rings. The van der Waals surface area contributed by atoms with Crippen LogP contribution in [0.4, 0.5) is 5.69 Å². The minimum atomic E-state index is -0.406. The van der Waals surface area contributed by atoms with Crippen molar-refractivity contribution in [1.29, 1.82) is 0 Å². The van der Waals surface area contributed by atoms with Crippen molar-refractivity contribution in [2.75, 3.05) is 14.2 Å². The first-order valence-corrected chi connectivity index (χ1v) is 9.72. The number of pyridine rings is 1. The zero-order chi connectivity index (χ0) is 21.5. The number of nitro benzene ring substituents is 1. The summed E-state index contributed by atoms with van der Waals surface area (Å²) in [7, 11) is 3.21. The molecule has 6 nitrogen and oxygen atoms in total. The van der Waals surface area contributed by atoms with Crippen LogP contribution in [0.5, 0.6) is 11.5 Å². The van der Waals surface area contributed by atoms with Crippen LogP contribution in [0.3, 0.4) is 0 Å². The van der Waals surface area contributed by atoms with Gasteiger partial charge in [0.05, 0.1) is 30.4 Å². The molecule has 0 saturated heterocycles. The molecule has 6 heteroatoms. The lowest BCUT2D eigenvalue weighted by Gasteiger charge is -2.15. The van der Waals surface area contributed by atoms with Crippen molar-refractivity contribution in [3.05, 3.63) is 82.9 Å². The largest absolute Gasteiger partial charge is 0.493 e. The average molecular weight is 410 g/mol. The summed E-state index contributed by atoms with van der Waals surface area (Å²) >= 11 is 0. The molecule has 0 N–H and O–H groups in total. The number of fused-ring (bicyclic) bond motifs is 5. The smallest absolute Gasteiger partial charge is 0.269 e. The fourth-order valence-electron chi connectivity index (χ4n) is 4.02. The van der Waals surface area contributed by atoms with Gasteiger partial charge in [-0.05, 0) is 35.0 Å². The van der Waals surface area contributed by atoms with Gasteiger partial charge < -0.3 is 9.47 Å². The Morgan fingerprint density at radius 3 is 2.13 bits per heavy atom. The summed E-state index contributed by atoms with van der Waals surface area (Å²) < 4.78 is 11.1. The van der Waals surface area contributed by atoms with E-state index < -0.39 is 4.92 Å². The van der Waals surface area contributed by atoms with Crippen LogP contribution in [0.25, 0.3) is 43.7 Å². The fraction of sp³-hybridized carbons (Fsp3) is 0.0800. The molecule has 0 aliphatic carbocycles. The van der Waals surface area contributed by atoms with Crippen molar-refractivity contribution >= 4 is 38.1 Å². The van der Waals surface area contributed by atoms with Crippen LogP contribution < -0.4 is 9.47 Å². The number of non-ortho nitro benzene ring substituents is 1. The third-order valence-electron chi connectivity index (χ3n) is 5.54. The van der Waals surface area contributed by atoms with Gasteiger partial charge in [0.25, 0.3) is 5.69 Å². The van der Waals surface area contributed by atoms with E-state index in [9.17, 15) is 10.1 Å². The van der Waals surface area contributed by atoms with E-state index in [1.165, 1.54) is 12.1 Å². The number of hydrogen-bond acceptors (Lipinski definition) is 5. The quantitative estimate of drug-likeness (QED) is 0.202. The predicted octanol–water partition coefficient (Wildman–Crippen LogP) is 6.13. The van der Waals surface area contributed by atoms with Crippen LogP contribution in [0.2, 0.25) is 0 Å². The average Bonchev–Trinajstić information content (AvgIpc) is 2.82. The van der Waals surface area contributed by atoms with Crippen LogP contribution in [0.1, 0.15) is 0 Å². The van der Waals surface area contributed by atoms with Crippen molar-refractivity contribution in [1.82, 2.24) is 4.98 Å². The van der Waals surface area contributed by atoms with Crippen LogP contribution in [-0.4, -0.2) is 24.1 Å². The van der Waals surface area contributed by atoms with E-state index in [1.54, 1.807) is 26.4 Å². The molecule has 31 heavy (non-hydrogen) atoms. The van der Waals surface area contributed by atoms with Crippen LogP contribution in [0.15, 0.2) is 72.8 Å². The maximum atomic E-state index is 11.1. The van der Waals surface area contributed by atoms with Gasteiger partial charge in [-0.25, -0.2) is 4.98 Å². The molecule has 152 valence electrons. The third kappa shape index (κ3) is 3.00. The first kappa shape index (κ1) is 18.8. The second kappa shape index (κ2) is 7.25. The van der Waals surface area contributed by atoms with E-state index in [1.807, 2.05) is 24.3 Å². The standard InChI is InChI=1S/C25H18N2O4/c1-30-22-13-20-19-12-9-15-5-3-4-6-18(15)25(19)26-24(21(20)14-23(22)31-2)16-7-10-17(11-8-16)27(28)29/h3-14H,1-2H3. The van der Waals surface area contributed by atoms with Gasteiger partial charge in [0, 0.05) is 33.9 Å². The van der Waals surface area contributed by atoms with Gasteiger partial charge in [-0.1, -0.05) is 36.4 Å². The predicted molar refractivity (Wildman–Crippen MR) is 122 cm³/mol. The molecule has 0 saturated carbocycles. The van der Waals surface area contributed by atoms with Gasteiger partial charge >= 0.3 is 0 Å². The summed E-state index contributed by atoms with van der Waals surface area (Å²) in [5.74, 6) is 1.23. The summed E-state index contributed by atoms with van der Waals surface area (Å²) in [4.78, 5) is 15.7. The molecular weight excluding hydrogens is 392 g/mol. The van der Waals surface area contributed by atoms with E-state index in [4.69, 9.17) is 14.5 Å². The van der Waals surface area contributed by atoms with Crippen molar-refractivity contribution < 1.29 is 14.4 Å². The Morgan fingerprint density at radius 1 is 0.774 bits per heavy atom. The number of hydrogen-bond donors (Lipinski definition) is 0. The Balaban J connectivity index is 1.93. The number of methoxy groups -OCH3 is 2. The highest BCUT2D eigenvalue weighted by Crippen LogP contribution is 2.41. The highest BCUT2D eigenvalue weighted by Gasteiger charge is 2.17. The Kier molecular flexibility index (Phi) is 4.40. The lowest BCUT2D eigenvalue weighted by molar-refractivity contribution is -0.384. The molecule has 0 unspecified atom stereocenters. The molecule has 0 bridgehead atoms. The minimum Gasteiger partial charge on any atom is -0.493 e. The molecule has 1 heterocycles. The van der Waals surface area contributed by atoms with Crippen LogP contribution >= 0.6 is 0 Å². The molecule has 0 radical (unpaired) electrons. The monoisotopic (exact) mass is 410 g/mol. The first-order valence-electron chi connectivity index (χ1n) is 9.72. The summed E-state index contributed by atoms with van der Waals surface area (Å²) in [5.41, 5.74) is 2.43. The molecule has 0 aliphatic rings. The number of nitrogens with zero attached hydrogens (tertiary/aromatic N) is 2. The molecule has 5 rings (SSSR count). The van der Waals surface area contributed by atoms with Crippen molar-refractivity contribution in [3.8, 4) is 22.8 Å². The third-order valence-corrected chi connectivity index (χ3v) is 5.54. The van der Waals surface area contributed by atoms with Crippen molar-refractivity contribution in [2.45, 2.75) is 0 Å². The van der Waals surface area contributed by atoms with Crippen molar-refractivity contribution in [3.63, 3.8) is 0 Å². The topological polar surface area (TPSA) is 74.5 Å². The molecular formula is C25H18N2O4. The van der Waals surface area contributed by atoms with Gasteiger partial charge in [-0.15, -0.1) is 0 Å². The van der Waals surface area contributed by atoms with Crippen LogP contribution in [0, 0.1) is 10.1 Å². The van der Waals surface area contributed by atoms with E-state index in [-0.39, 0.29) is 5.69 Å². The van der Waals surface area contributed by atoms with Gasteiger partial charge in [-0.2, -0.15) is 0 Å². The summed E-state index contributed by atoms with van der Waals surface area (Å²) in [6.07, 6.45) is 0. The summed E-state index contributed by atoms with van der Waals surface area (Å²) in [6, 6.07) is 22.6. The molecule has 0 spiro atoms. The highest BCUT2D eigenvalue weighted by atomic mass is 16.6. The molecule has 0 fully saturated rings. The maximum Gasteiger partial charge on any atom is 0.269 e. The summed E-state index contributed by atoms with van der Waals surface area (Å²) in [5, 5.41) is 16.1. The van der Waals surface area contributed by atoms with E-state index in [2.05, 4.69) is 24.3 Å². The van der Waals surface area contributed by atoms with Gasteiger partial charge in [0.15, 0.2) is 11.5 Å². The zero-order valence-electron chi connectivity index (χ0n) is 17.0. The van der Waals surface area contributed by atoms with Gasteiger partial charge in [0.2, 0.25) is 0 Å². The Morgan fingerprint density at radius 2 is 1.45 bits per heavy atom. The first-order chi connectivity index (χ1) is 15.1. The van der Waals surface area contributed by atoms with E-state index in [0.29, 0.717) is 11.5 Å².